The second-order valence-corrected chi connectivity index (χ2v) is 2.90. The third kappa shape index (κ3) is 2.36. The van der Waals surface area contributed by atoms with Crippen molar-refractivity contribution in [3.05, 3.63) is 27.5 Å². The van der Waals surface area contributed by atoms with Gasteiger partial charge in [0.1, 0.15) is 11.5 Å². The minimum atomic E-state index is -3.07. The summed E-state index contributed by atoms with van der Waals surface area (Å²) in [5.41, 5.74) is 2.74. The van der Waals surface area contributed by atoms with Crippen LogP contribution in [0.1, 0.15) is 29.4 Å². The maximum atomic E-state index is 12.6. The van der Waals surface area contributed by atoms with Gasteiger partial charge in [0, 0.05) is 6.07 Å². The third-order valence-electron chi connectivity index (χ3n) is 1.79. The summed E-state index contributed by atoms with van der Waals surface area (Å²) < 4.78 is 29.6. The second kappa shape index (κ2) is 4.73. The van der Waals surface area contributed by atoms with Gasteiger partial charge in [-0.25, -0.2) is 13.6 Å². The molecule has 1 aromatic rings. The van der Waals surface area contributed by atoms with Crippen LogP contribution in [0.15, 0.2) is 10.9 Å². The van der Waals surface area contributed by atoms with Gasteiger partial charge in [0.25, 0.3) is 6.43 Å². The van der Waals surface area contributed by atoms with Crippen LogP contribution in [0.3, 0.4) is 0 Å². The van der Waals surface area contributed by atoms with Gasteiger partial charge in [-0.2, -0.15) is 0 Å². The van der Waals surface area contributed by atoms with Crippen molar-refractivity contribution in [3.8, 4) is 0 Å². The summed E-state index contributed by atoms with van der Waals surface area (Å²) in [7, 11) is 0. The topological polar surface area (TPSA) is 85.2 Å². The molecule has 0 aromatic carbocycles. The SMILES string of the molecule is CCOC(=O)c1[nH]c(N)cc(=O)c1C(F)F. The zero-order chi connectivity index (χ0) is 12.3. The fourth-order valence-corrected chi connectivity index (χ4v) is 1.17. The van der Waals surface area contributed by atoms with Crippen LogP contribution in [0.2, 0.25) is 0 Å². The molecule has 0 radical (unpaired) electrons. The number of halogens is 2. The molecule has 3 N–H and O–H groups in total. The Morgan fingerprint density at radius 3 is 2.75 bits per heavy atom. The Labute approximate surface area is 89.2 Å². The highest BCUT2D eigenvalue weighted by Gasteiger charge is 2.23. The lowest BCUT2D eigenvalue weighted by Crippen LogP contribution is -2.20. The number of pyridine rings is 1. The first-order valence-corrected chi connectivity index (χ1v) is 4.45. The van der Waals surface area contributed by atoms with Crippen molar-refractivity contribution in [1.29, 1.82) is 0 Å². The maximum Gasteiger partial charge on any atom is 0.355 e. The lowest BCUT2D eigenvalue weighted by Gasteiger charge is -2.08. The van der Waals surface area contributed by atoms with Crippen molar-refractivity contribution in [1.82, 2.24) is 4.98 Å². The smallest absolute Gasteiger partial charge is 0.355 e. The number of nitrogen functional groups attached to an aromatic ring is 1. The Morgan fingerprint density at radius 2 is 2.25 bits per heavy atom. The van der Waals surface area contributed by atoms with Gasteiger partial charge in [-0.15, -0.1) is 0 Å². The molecule has 1 aromatic heterocycles. The van der Waals surface area contributed by atoms with Crippen LogP contribution in [0.4, 0.5) is 14.6 Å². The highest BCUT2D eigenvalue weighted by molar-refractivity contribution is 5.89. The average Bonchev–Trinajstić information content (AvgIpc) is 2.15. The largest absolute Gasteiger partial charge is 0.461 e. The number of alkyl halides is 2. The second-order valence-electron chi connectivity index (χ2n) is 2.90. The van der Waals surface area contributed by atoms with Crippen LogP contribution in [0.25, 0.3) is 0 Å². The van der Waals surface area contributed by atoms with Crippen molar-refractivity contribution in [2.45, 2.75) is 13.3 Å². The molecule has 1 heterocycles. The van der Waals surface area contributed by atoms with E-state index < -0.39 is 29.1 Å². The molecule has 0 saturated carbocycles. The van der Waals surface area contributed by atoms with E-state index >= 15 is 0 Å². The van der Waals surface area contributed by atoms with Crippen molar-refractivity contribution in [2.24, 2.45) is 0 Å². The van der Waals surface area contributed by atoms with Gasteiger partial charge in [-0.1, -0.05) is 0 Å². The summed E-state index contributed by atoms with van der Waals surface area (Å²) in [4.78, 5) is 24.7. The number of esters is 1. The van der Waals surface area contributed by atoms with Gasteiger partial charge in [0.2, 0.25) is 0 Å². The van der Waals surface area contributed by atoms with E-state index in [4.69, 9.17) is 5.73 Å². The Balaban J connectivity index is 3.35. The van der Waals surface area contributed by atoms with E-state index in [9.17, 15) is 18.4 Å². The molecule has 0 spiro atoms. The molecule has 16 heavy (non-hydrogen) atoms. The molecule has 0 bridgehead atoms. The van der Waals surface area contributed by atoms with E-state index in [2.05, 4.69) is 9.72 Å². The van der Waals surface area contributed by atoms with Gasteiger partial charge in [0.05, 0.1) is 12.2 Å². The van der Waals surface area contributed by atoms with Gasteiger partial charge in [0.15, 0.2) is 5.43 Å². The predicted octanol–water partition coefficient (Wildman–Crippen LogP) is 1.07. The van der Waals surface area contributed by atoms with Crippen LogP contribution < -0.4 is 11.2 Å². The highest BCUT2D eigenvalue weighted by Crippen LogP contribution is 2.19. The van der Waals surface area contributed by atoms with E-state index in [1.54, 1.807) is 0 Å². The lowest BCUT2D eigenvalue weighted by molar-refractivity contribution is 0.0507. The highest BCUT2D eigenvalue weighted by atomic mass is 19.3. The van der Waals surface area contributed by atoms with Crippen LogP contribution >= 0.6 is 0 Å². The predicted molar refractivity (Wildman–Crippen MR) is 52.4 cm³/mol. The van der Waals surface area contributed by atoms with Gasteiger partial charge < -0.3 is 15.5 Å². The quantitative estimate of drug-likeness (QED) is 0.763. The molecule has 0 saturated heterocycles. The molecular weight excluding hydrogens is 222 g/mol. The Morgan fingerprint density at radius 1 is 1.62 bits per heavy atom. The first-order valence-electron chi connectivity index (χ1n) is 4.45. The van der Waals surface area contributed by atoms with E-state index in [0.717, 1.165) is 6.07 Å². The molecule has 0 aliphatic rings. The maximum absolute atomic E-state index is 12.6. The van der Waals surface area contributed by atoms with Crippen molar-refractivity contribution in [2.75, 3.05) is 12.3 Å². The van der Waals surface area contributed by atoms with E-state index in [0.29, 0.717) is 0 Å². The van der Waals surface area contributed by atoms with Gasteiger partial charge in [-0.3, -0.25) is 4.79 Å². The van der Waals surface area contributed by atoms with E-state index in [1.807, 2.05) is 0 Å². The molecule has 0 aliphatic carbocycles. The number of hydrogen-bond acceptors (Lipinski definition) is 4. The molecular formula is C9H10F2N2O3. The summed E-state index contributed by atoms with van der Waals surface area (Å²) in [5, 5.41) is 0. The first kappa shape index (κ1) is 12.2. The van der Waals surface area contributed by atoms with E-state index in [-0.39, 0.29) is 12.4 Å². The standard InChI is InChI=1S/C9H10F2N2O3/c1-2-16-9(15)7-6(8(10)11)4(14)3-5(12)13-7/h3,8H,2H2,1H3,(H3,12,13,14). The number of hydrogen-bond donors (Lipinski definition) is 2. The number of aromatic nitrogens is 1. The third-order valence-corrected chi connectivity index (χ3v) is 1.79. The fraction of sp³-hybridized carbons (Fsp3) is 0.333. The Bertz CT molecular complexity index is 457. The number of H-pyrrole nitrogens is 1. The summed E-state index contributed by atoms with van der Waals surface area (Å²) in [5.74, 6) is -1.19. The zero-order valence-corrected chi connectivity index (χ0v) is 8.42. The van der Waals surface area contributed by atoms with Gasteiger partial charge >= 0.3 is 5.97 Å². The molecule has 0 aliphatic heterocycles. The number of anilines is 1. The molecule has 0 fully saturated rings. The van der Waals surface area contributed by atoms with Crippen LogP contribution in [0, 0.1) is 0 Å². The summed E-state index contributed by atoms with van der Waals surface area (Å²) >= 11 is 0. The minimum absolute atomic E-state index is 0.0122. The molecule has 0 unspecified atom stereocenters. The first-order chi connectivity index (χ1) is 7.47. The number of carbonyl (C=O) groups excluding carboxylic acids is 1. The van der Waals surface area contributed by atoms with Crippen molar-refractivity contribution in [3.63, 3.8) is 0 Å². The zero-order valence-electron chi connectivity index (χ0n) is 8.42. The Hall–Kier alpha value is -1.92. The summed E-state index contributed by atoms with van der Waals surface area (Å²) in [6.07, 6.45) is -3.07. The molecule has 5 nitrogen and oxygen atoms in total. The normalized spacial score (nSPS) is 10.5. The number of ether oxygens (including phenoxy) is 1. The van der Waals surface area contributed by atoms with Gasteiger partial charge in [-0.05, 0) is 6.92 Å². The minimum Gasteiger partial charge on any atom is -0.461 e. The van der Waals surface area contributed by atoms with Crippen LogP contribution in [0.5, 0.6) is 0 Å². The molecule has 88 valence electrons. The molecule has 0 amide bonds. The number of aromatic amines is 1. The lowest BCUT2D eigenvalue weighted by atomic mass is 10.2. The van der Waals surface area contributed by atoms with Crippen molar-refractivity contribution >= 4 is 11.8 Å². The molecule has 1 rings (SSSR count). The van der Waals surface area contributed by atoms with Crippen molar-refractivity contribution < 1.29 is 18.3 Å². The number of rotatable bonds is 3. The number of nitrogens with two attached hydrogens (primary N) is 1. The summed E-state index contributed by atoms with van der Waals surface area (Å²) in [6, 6.07) is 0.796. The number of carbonyl (C=O) groups is 1. The van der Waals surface area contributed by atoms with E-state index in [1.165, 1.54) is 6.92 Å². The molecule has 0 atom stereocenters. The molecule has 7 heteroatoms. The Kier molecular flexibility index (Phi) is 3.60. The number of nitrogens with one attached hydrogen (secondary N) is 1. The van der Waals surface area contributed by atoms with Crippen LogP contribution in [-0.4, -0.2) is 17.6 Å². The van der Waals surface area contributed by atoms with Crippen LogP contribution in [-0.2, 0) is 4.74 Å². The fourth-order valence-electron chi connectivity index (χ4n) is 1.17. The average molecular weight is 232 g/mol. The monoisotopic (exact) mass is 232 g/mol. The summed E-state index contributed by atoms with van der Waals surface area (Å²) in [6.45, 7) is 1.53.